The van der Waals surface area contributed by atoms with Crippen molar-refractivity contribution in [2.45, 2.75) is 13.3 Å². The third kappa shape index (κ3) is 2.33. The standard InChI is InChI=1S/C10H16N6/c1-7(11)5-8(12)13-9-6-10(15-14-9)16-3-2-4-16/h5-6H,2-4,11H2,1H3,(H3,12,13,14,15)/b7-5-. The Morgan fingerprint density at radius 2 is 2.31 bits per heavy atom. The van der Waals surface area contributed by atoms with Crippen molar-refractivity contribution in [3.05, 3.63) is 17.8 Å². The average Bonchev–Trinajstić information content (AvgIpc) is 2.47. The van der Waals surface area contributed by atoms with Crippen LogP contribution in [-0.2, 0) is 0 Å². The fourth-order valence-corrected chi connectivity index (χ4v) is 1.47. The summed E-state index contributed by atoms with van der Waals surface area (Å²) >= 11 is 0. The van der Waals surface area contributed by atoms with Crippen LogP contribution < -0.4 is 16.4 Å². The minimum absolute atomic E-state index is 0.374. The number of hydrogen-bond donors (Lipinski definition) is 3. The zero-order chi connectivity index (χ0) is 11.5. The average molecular weight is 220 g/mol. The smallest absolute Gasteiger partial charge is 0.152 e. The molecule has 16 heavy (non-hydrogen) atoms. The van der Waals surface area contributed by atoms with Crippen LogP contribution in [0.2, 0.25) is 0 Å². The van der Waals surface area contributed by atoms with Crippen molar-refractivity contribution in [3.63, 3.8) is 0 Å². The van der Waals surface area contributed by atoms with Crippen molar-refractivity contribution in [2.24, 2.45) is 16.5 Å². The molecule has 1 aliphatic heterocycles. The molecular formula is C10H16N6. The maximum atomic E-state index is 5.67. The van der Waals surface area contributed by atoms with Crippen molar-refractivity contribution >= 4 is 17.5 Å². The molecular weight excluding hydrogens is 204 g/mol. The summed E-state index contributed by atoms with van der Waals surface area (Å²) in [6, 6.07) is 1.88. The molecule has 5 N–H and O–H groups in total. The topological polar surface area (TPSA) is 96.3 Å². The summed E-state index contributed by atoms with van der Waals surface area (Å²) in [7, 11) is 0. The van der Waals surface area contributed by atoms with Crippen LogP contribution in [0.4, 0.5) is 11.6 Å². The van der Waals surface area contributed by atoms with Gasteiger partial charge in [-0.05, 0) is 19.4 Å². The van der Waals surface area contributed by atoms with E-state index in [0.29, 0.717) is 17.4 Å². The highest BCUT2D eigenvalue weighted by atomic mass is 15.3. The van der Waals surface area contributed by atoms with Crippen molar-refractivity contribution in [2.75, 3.05) is 18.0 Å². The zero-order valence-electron chi connectivity index (χ0n) is 9.27. The van der Waals surface area contributed by atoms with Crippen LogP contribution in [0.15, 0.2) is 22.8 Å². The number of rotatable bonds is 3. The molecule has 86 valence electrons. The van der Waals surface area contributed by atoms with Gasteiger partial charge in [-0.3, -0.25) is 5.10 Å². The van der Waals surface area contributed by atoms with E-state index in [0.717, 1.165) is 18.9 Å². The van der Waals surface area contributed by atoms with Crippen LogP contribution in [0.1, 0.15) is 13.3 Å². The van der Waals surface area contributed by atoms with Gasteiger partial charge in [0.1, 0.15) is 5.84 Å². The van der Waals surface area contributed by atoms with Gasteiger partial charge >= 0.3 is 0 Å². The van der Waals surface area contributed by atoms with Crippen molar-refractivity contribution in [1.29, 1.82) is 0 Å². The highest BCUT2D eigenvalue weighted by molar-refractivity contribution is 5.93. The second kappa shape index (κ2) is 4.26. The first-order chi connectivity index (χ1) is 7.65. The van der Waals surface area contributed by atoms with E-state index in [1.54, 1.807) is 13.0 Å². The van der Waals surface area contributed by atoms with Gasteiger partial charge in [0.25, 0.3) is 0 Å². The van der Waals surface area contributed by atoms with Gasteiger partial charge in [-0.15, -0.1) is 0 Å². The van der Waals surface area contributed by atoms with Crippen LogP contribution in [0.3, 0.4) is 0 Å². The van der Waals surface area contributed by atoms with Gasteiger partial charge in [0.15, 0.2) is 11.6 Å². The first-order valence-electron chi connectivity index (χ1n) is 5.23. The Labute approximate surface area is 94.0 Å². The molecule has 1 aromatic rings. The SMILES string of the molecule is C/C(N)=C/C(N)=Nc1cc(N2CCC2)n[nH]1. The fraction of sp³-hybridized carbons (Fsp3) is 0.400. The molecule has 0 bridgehead atoms. The van der Waals surface area contributed by atoms with E-state index >= 15 is 0 Å². The minimum atomic E-state index is 0.374. The van der Waals surface area contributed by atoms with E-state index in [-0.39, 0.29) is 0 Å². The van der Waals surface area contributed by atoms with Gasteiger partial charge in [-0.1, -0.05) is 0 Å². The van der Waals surface area contributed by atoms with E-state index in [1.807, 2.05) is 6.07 Å². The van der Waals surface area contributed by atoms with Crippen molar-refractivity contribution < 1.29 is 0 Å². The lowest BCUT2D eigenvalue weighted by molar-refractivity contribution is 0.609. The number of anilines is 1. The van der Waals surface area contributed by atoms with Gasteiger partial charge in [0, 0.05) is 24.9 Å². The summed E-state index contributed by atoms with van der Waals surface area (Å²) in [6.07, 6.45) is 2.84. The third-order valence-electron chi connectivity index (χ3n) is 2.36. The monoisotopic (exact) mass is 220 g/mol. The van der Waals surface area contributed by atoms with Crippen LogP contribution >= 0.6 is 0 Å². The first-order valence-corrected chi connectivity index (χ1v) is 5.23. The molecule has 0 saturated carbocycles. The normalized spacial score (nSPS) is 17.4. The first kappa shape index (κ1) is 10.5. The number of amidine groups is 1. The molecule has 2 rings (SSSR count). The molecule has 1 aromatic heterocycles. The molecule has 1 saturated heterocycles. The largest absolute Gasteiger partial charge is 0.402 e. The molecule has 6 heteroatoms. The second-order valence-electron chi connectivity index (χ2n) is 3.88. The van der Waals surface area contributed by atoms with Crippen LogP contribution in [0.5, 0.6) is 0 Å². The summed E-state index contributed by atoms with van der Waals surface area (Å²) in [6.45, 7) is 3.89. The molecule has 0 aromatic carbocycles. The van der Waals surface area contributed by atoms with Gasteiger partial charge in [-0.2, -0.15) is 5.10 Å². The molecule has 0 radical (unpaired) electrons. The molecule has 2 heterocycles. The summed E-state index contributed by atoms with van der Waals surface area (Å²) in [5.74, 6) is 1.95. The van der Waals surface area contributed by atoms with Gasteiger partial charge in [0.2, 0.25) is 0 Å². The summed E-state index contributed by atoms with van der Waals surface area (Å²) in [4.78, 5) is 6.33. The molecule has 6 nitrogen and oxygen atoms in total. The van der Waals surface area contributed by atoms with E-state index in [9.17, 15) is 0 Å². The number of aromatic nitrogens is 2. The molecule has 1 aliphatic rings. The minimum Gasteiger partial charge on any atom is -0.402 e. The van der Waals surface area contributed by atoms with E-state index in [4.69, 9.17) is 11.5 Å². The Balaban J connectivity index is 2.09. The maximum absolute atomic E-state index is 5.67. The van der Waals surface area contributed by atoms with Crippen molar-refractivity contribution in [3.8, 4) is 0 Å². The predicted molar refractivity (Wildman–Crippen MR) is 64.6 cm³/mol. The zero-order valence-corrected chi connectivity index (χ0v) is 9.27. The van der Waals surface area contributed by atoms with Gasteiger partial charge in [-0.25, -0.2) is 4.99 Å². The van der Waals surface area contributed by atoms with E-state index in [2.05, 4.69) is 20.1 Å². The lowest BCUT2D eigenvalue weighted by Crippen LogP contribution is -2.37. The highest BCUT2D eigenvalue weighted by Crippen LogP contribution is 2.21. The Kier molecular flexibility index (Phi) is 2.80. The molecule has 0 atom stereocenters. The van der Waals surface area contributed by atoms with Crippen LogP contribution in [0, 0.1) is 0 Å². The second-order valence-corrected chi connectivity index (χ2v) is 3.88. The molecule has 1 fully saturated rings. The van der Waals surface area contributed by atoms with Crippen LogP contribution in [0.25, 0.3) is 0 Å². The summed E-state index contributed by atoms with van der Waals surface area (Å²) in [5.41, 5.74) is 11.8. The van der Waals surface area contributed by atoms with Gasteiger partial charge < -0.3 is 16.4 Å². The predicted octanol–water partition coefficient (Wildman–Crippen LogP) is 0.471. The number of H-pyrrole nitrogens is 1. The molecule has 0 amide bonds. The number of hydrogen-bond acceptors (Lipinski definition) is 4. The number of allylic oxidation sites excluding steroid dienone is 1. The van der Waals surface area contributed by atoms with Crippen LogP contribution in [-0.4, -0.2) is 29.1 Å². The number of aromatic amines is 1. The highest BCUT2D eigenvalue weighted by Gasteiger charge is 2.16. The molecule has 0 aliphatic carbocycles. The Morgan fingerprint density at radius 3 is 2.88 bits per heavy atom. The summed E-state index contributed by atoms with van der Waals surface area (Å²) < 4.78 is 0. The van der Waals surface area contributed by atoms with E-state index < -0.39 is 0 Å². The van der Waals surface area contributed by atoms with Gasteiger partial charge in [0.05, 0.1) is 0 Å². The lowest BCUT2D eigenvalue weighted by Gasteiger charge is -2.30. The lowest BCUT2D eigenvalue weighted by atomic mass is 10.2. The number of nitrogens with one attached hydrogen (secondary N) is 1. The third-order valence-corrected chi connectivity index (χ3v) is 2.36. The Morgan fingerprint density at radius 1 is 1.56 bits per heavy atom. The van der Waals surface area contributed by atoms with E-state index in [1.165, 1.54) is 6.42 Å². The summed E-state index contributed by atoms with van der Waals surface area (Å²) in [5, 5.41) is 6.99. The number of aliphatic imine (C=N–C) groups is 1. The quantitative estimate of drug-likeness (QED) is 0.509. The molecule has 0 unspecified atom stereocenters. The Hall–Kier alpha value is -1.98. The Bertz CT molecular complexity index is 422. The maximum Gasteiger partial charge on any atom is 0.152 e. The number of nitrogens with zero attached hydrogens (tertiary/aromatic N) is 3. The molecule has 0 spiro atoms. The fourth-order valence-electron chi connectivity index (χ4n) is 1.47. The number of nitrogens with two attached hydrogens (primary N) is 2. The van der Waals surface area contributed by atoms with Crippen molar-refractivity contribution in [1.82, 2.24) is 10.2 Å².